The Morgan fingerprint density at radius 2 is 1.35 bits per heavy atom. The molecule has 0 unspecified atom stereocenters. The minimum absolute atomic E-state index is 0.00609. The van der Waals surface area contributed by atoms with Crippen molar-refractivity contribution in [1.29, 1.82) is 0 Å². The van der Waals surface area contributed by atoms with Gasteiger partial charge in [-0.15, -0.1) is 0 Å². The molecule has 1 N–H and O–H groups in total. The van der Waals surface area contributed by atoms with E-state index in [1.54, 1.807) is 12.1 Å². The minimum Gasteiger partial charge on any atom is -0.279 e. The van der Waals surface area contributed by atoms with Crippen molar-refractivity contribution in [2.24, 2.45) is 0 Å². The van der Waals surface area contributed by atoms with E-state index < -0.39 is 21.7 Å². The second-order valence-electron chi connectivity index (χ2n) is 5.93. The van der Waals surface area contributed by atoms with Gasteiger partial charge in [-0.2, -0.15) is 0 Å². The lowest BCUT2D eigenvalue weighted by Gasteiger charge is -2.10. The molecule has 0 aliphatic heterocycles. The molecule has 0 spiro atoms. The van der Waals surface area contributed by atoms with Crippen molar-refractivity contribution >= 4 is 15.7 Å². The summed E-state index contributed by atoms with van der Waals surface area (Å²) in [6.07, 6.45) is 0. The quantitative estimate of drug-likeness (QED) is 0.734. The average molecular weight is 374 g/mol. The van der Waals surface area contributed by atoms with E-state index in [4.69, 9.17) is 0 Å². The molecule has 0 radical (unpaired) electrons. The summed E-state index contributed by atoms with van der Waals surface area (Å²) in [5, 5.41) is 0. The minimum atomic E-state index is -3.96. The highest BCUT2D eigenvalue weighted by molar-refractivity contribution is 7.92. The first-order chi connectivity index (χ1) is 12.2. The third kappa shape index (κ3) is 4.05. The van der Waals surface area contributed by atoms with Crippen LogP contribution in [-0.2, 0) is 10.0 Å². The van der Waals surface area contributed by atoms with Gasteiger partial charge in [-0.25, -0.2) is 17.2 Å². The van der Waals surface area contributed by atoms with Crippen molar-refractivity contribution in [2.75, 3.05) is 4.72 Å². The molecule has 3 rings (SSSR count). The van der Waals surface area contributed by atoms with E-state index >= 15 is 0 Å². The third-order valence-electron chi connectivity index (χ3n) is 3.69. The summed E-state index contributed by atoms with van der Waals surface area (Å²) in [6, 6.07) is 12.6. The standard InChI is InChI=1S/C19H16F2N2O2S/c1-12-7-15(8-13(2)22-12)14-3-5-19(6-4-14)26(24,25)23-18-10-16(20)9-17(21)11-18/h3-11,23H,1-2H3. The first-order valence-electron chi connectivity index (χ1n) is 7.77. The monoisotopic (exact) mass is 374 g/mol. The zero-order chi connectivity index (χ0) is 18.9. The van der Waals surface area contributed by atoms with E-state index in [0.29, 0.717) is 6.07 Å². The normalized spacial score (nSPS) is 11.4. The molecule has 26 heavy (non-hydrogen) atoms. The number of aryl methyl sites for hydroxylation is 2. The fourth-order valence-electron chi connectivity index (χ4n) is 2.65. The Kier molecular flexibility index (Phi) is 4.73. The van der Waals surface area contributed by atoms with E-state index in [1.165, 1.54) is 12.1 Å². The predicted molar refractivity (Wildman–Crippen MR) is 96.3 cm³/mol. The molecular formula is C19H16F2N2O2S. The molecule has 0 saturated heterocycles. The molecule has 4 nitrogen and oxygen atoms in total. The fourth-order valence-corrected chi connectivity index (χ4v) is 3.69. The van der Waals surface area contributed by atoms with Crippen LogP contribution in [0.15, 0.2) is 59.5 Å². The summed E-state index contributed by atoms with van der Waals surface area (Å²) in [5.74, 6) is -1.72. The number of nitrogens with one attached hydrogen (secondary N) is 1. The first-order valence-corrected chi connectivity index (χ1v) is 9.26. The molecule has 0 bridgehead atoms. The molecule has 3 aromatic rings. The number of benzene rings is 2. The molecule has 0 saturated carbocycles. The zero-order valence-corrected chi connectivity index (χ0v) is 14.9. The Morgan fingerprint density at radius 1 is 0.808 bits per heavy atom. The molecule has 0 aliphatic rings. The van der Waals surface area contributed by atoms with Gasteiger partial charge in [0.15, 0.2) is 0 Å². The zero-order valence-electron chi connectivity index (χ0n) is 14.1. The average Bonchev–Trinajstić information content (AvgIpc) is 2.52. The Bertz CT molecular complexity index is 1020. The molecule has 0 fully saturated rings. The number of sulfonamides is 1. The topological polar surface area (TPSA) is 59.1 Å². The summed E-state index contributed by atoms with van der Waals surface area (Å²) in [5.41, 5.74) is 3.33. The van der Waals surface area contributed by atoms with Crippen molar-refractivity contribution in [2.45, 2.75) is 18.7 Å². The van der Waals surface area contributed by atoms with Crippen molar-refractivity contribution in [3.8, 4) is 11.1 Å². The van der Waals surface area contributed by atoms with Gasteiger partial charge >= 0.3 is 0 Å². The Labute approximate surface area is 150 Å². The van der Waals surface area contributed by atoms with Crippen LogP contribution >= 0.6 is 0 Å². The van der Waals surface area contributed by atoms with Crippen molar-refractivity contribution < 1.29 is 17.2 Å². The number of hydrogen-bond donors (Lipinski definition) is 1. The van der Waals surface area contributed by atoms with Crippen molar-refractivity contribution in [1.82, 2.24) is 4.98 Å². The molecular weight excluding hydrogens is 358 g/mol. The molecule has 1 heterocycles. The van der Waals surface area contributed by atoms with Crippen LogP contribution in [0.2, 0.25) is 0 Å². The maximum Gasteiger partial charge on any atom is 0.261 e. The van der Waals surface area contributed by atoms with Crippen LogP contribution in [0.1, 0.15) is 11.4 Å². The molecule has 0 atom stereocenters. The number of aromatic nitrogens is 1. The van der Waals surface area contributed by atoms with Gasteiger partial charge in [0.1, 0.15) is 11.6 Å². The lowest BCUT2D eigenvalue weighted by atomic mass is 10.1. The van der Waals surface area contributed by atoms with Crippen LogP contribution in [0.4, 0.5) is 14.5 Å². The van der Waals surface area contributed by atoms with Gasteiger partial charge in [0.25, 0.3) is 10.0 Å². The highest BCUT2D eigenvalue weighted by atomic mass is 32.2. The van der Waals surface area contributed by atoms with Gasteiger partial charge in [0.2, 0.25) is 0 Å². The Balaban J connectivity index is 1.89. The number of halogens is 2. The lowest BCUT2D eigenvalue weighted by Crippen LogP contribution is -2.13. The van der Waals surface area contributed by atoms with E-state index in [9.17, 15) is 17.2 Å². The molecule has 2 aromatic carbocycles. The maximum atomic E-state index is 13.2. The van der Waals surface area contributed by atoms with Crippen LogP contribution in [-0.4, -0.2) is 13.4 Å². The van der Waals surface area contributed by atoms with Gasteiger partial charge < -0.3 is 0 Å². The lowest BCUT2D eigenvalue weighted by molar-refractivity contribution is 0.584. The van der Waals surface area contributed by atoms with Gasteiger partial charge in [-0.05, 0) is 61.4 Å². The van der Waals surface area contributed by atoms with Crippen LogP contribution in [0.5, 0.6) is 0 Å². The number of anilines is 1. The second-order valence-corrected chi connectivity index (χ2v) is 7.61. The third-order valence-corrected chi connectivity index (χ3v) is 5.09. The van der Waals surface area contributed by atoms with E-state index in [0.717, 1.165) is 34.6 Å². The van der Waals surface area contributed by atoms with Gasteiger partial charge in [0.05, 0.1) is 10.6 Å². The van der Waals surface area contributed by atoms with Crippen LogP contribution in [0.25, 0.3) is 11.1 Å². The summed E-state index contributed by atoms with van der Waals surface area (Å²) < 4.78 is 53.5. The Morgan fingerprint density at radius 3 is 1.88 bits per heavy atom. The van der Waals surface area contributed by atoms with Gasteiger partial charge in [-0.3, -0.25) is 9.71 Å². The number of rotatable bonds is 4. The van der Waals surface area contributed by atoms with E-state index in [-0.39, 0.29) is 10.6 Å². The molecule has 1 aromatic heterocycles. The summed E-state index contributed by atoms with van der Waals surface area (Å²) in [7, 11) is -3.96. The highest BCUT2D eigenvalue weighted by Crippen LogP contribution is 2.24. The predicted octanol–water partition coefficient (Wildman–Crippen LogP) is 4.44. The van der Waals surface area contributed by atoms with Crippen molar-refractivity contribution in [3.63, 3.8) is 0 Å². The van der Waals surface area contributed by atoms with Crippen LogP contribution in [0, 0.1) is 25.5 Å². The smallest absolute Gasteiger partial charge is 0.261 e. The first kappa shape index (κ1) is 18.0. The molecule has 0 amide bonds. The molecule has 0 aliphatic carbocycles. The van der Waals surface area contributed by atoms with Crippen LogP contribution in [0.3, 0.4) is 0 Å². The number of pyridine rings is 1. The number of nitrogens with zero attached hydrogens (tertiary/aromatic N) is 1. The second kappa shape index (κ2) is 6.84. The van der Waals surface area contributed by atoms with Gasteiger partial charge in [-0.1, -0.05) is 12.1 Å². The molecule has 7 heteroatoms. The number of hydrogen-bond acceptors (Lipinski definition) is 3. The maximum absolute atomic E-state index is 13.2. The summed E-state index contributed by atoms with van der Waals surface area (Å²) >= 11 is 0. The largest absolute Gasteiger partial charge is 0.279 e. The van der Waals surface area contributed by atoms with Crippen LogP contribution < -0.4 is 4.72 Å². The van der Waals surface area contributed by atoms with Gasteiger partial charge in [0, 0.05) is 17.5 Å². The Hall–Kier alpha value is -2.80. The summed E-state index contributed by atoms with van der Waals surface area (Å²) in [6.45, 7) is 3.77. The highest BCUT2D eigenvalue weighted by Gasteiger charge is 2.15. The van der Waals surface area contributed by atoms with Crippen molar-refractivity contribution in [3.05, 3.63) is 77.6 Å². The van der Waals surface area contributed by atoms with E-state index in [1.807, 2.05) is 26.0 Å². The fraction of sp³-hybridized carbons (Fsp3) is 0.105. The SMILES string of the molecule is Cc1cc(-c2ccc(S(=O)(=O)Nc3cc(F)cc(F)c3)cc2)cc(C)n1. The molecule has 134 valence electrons. The van der Waals surface area contributed by atoms with E-state index in [2.05, 4.69) is 9.71 Å². The summed E-state index contributed by atoms with van der Waals surface area (Å²) in [4.78, 5) is 4.30.